The lowest BCUT2D eigenvalue weighted by molar-refractivity contribution is 0.402. The minimum atomic E-state index is -3.74. The summed E-state index contributed by atoms with van der Waals surface area (Å²) < 4.78 is 33.2. The molecule has 2 aromatic carbocycles. The zero-order valence-electron chi connectivity index (χ0n) is 14.6. The van der Waals surface area contributed by atoms with Crippen LogP contribution in [0.15, 0.2) is 41.3 Å². The van der Waals surface area contributed by atoms with Crippen LogP contribution in [0, 0.1) is 0 Å². The predicted molar refractivity (Wildman–Crippen MR) is 104 cm³/mol. The summed E-state index contributed by atoms with van der Waals surface area (Å²) in [5.41, 5.74) is 3.00. The molecule has 4 rings (SSSR count). The van der Waals surface area contributed by atoms with Gasteiger partial charge in [-0.15, -0.1) is 0 Å². The van der Waals surface area contributed by atoms with Gasteiger partial charge in [-0.25, -0.2) is 8.42 Å². The van der Waals surface area contributed by atoms with Gasteiger partial charge in [0.2, 0.25) is 0 Å². The Morgan fingerprint density at radius 1 is 1.04 bits per heavy atom. The molecular weight excluding hydrogens is 372 g/mol. The van der Waals surface area contributed by atoms with Gasteiger partial charge in [0, 0.05) is 30.3 Å². The summed E-state index contributed by atoms with van der Waals surface area (Å²) in [5.74, 6) is 0.302. The molecule has 2 aliphatic heterocycles. The van der Waals surface area contributed by atoms with Gasteiger partial charge in [0.25, 0.3) is 10.0 Å². The quantitative estimate of drug-likeness (QED) is 0.796. The number of fused-ring (bicyclic) bond motifs is 1. The van der Waals surface area contributed by atoms with Gasteiger partial charge in [-0.3, -0.25) is 4.31 Å². The minimum absolute atomic E-state index is 0.101. The SMILES string of the molecule is COc1ccc(Cl)cc1S(=O)(=O)N1CCc2cc(N3CCCC3)ccc21. The Morgan fingerprint density at radius 2 is 1.81 bits per heavy atom. The lowest BCUT2D eigenvalue weighted by Crippen LogP contribution is -2.29. The molecule has 7 heteroatoms. The Balaban J connectivity index is 1.71. The Kier molecular flexibility index (Phi) is 4.49. The highest BCUT2D eigenvalue weighted by atomic mass is 35.5. The van der Waals surface area contributed by atoms with Gasteiger partial charge in [0.1, 0.15) is 10.6 Å². The average molecular weight is 393 g/mol. The van der Waals surface area contributed by atoms with Crippen LogP contribution in [0.5, 0.6) is 5.75 Å². The van der Waals surface area contributed by atoms with Gasteiger partial charge in [0.05, 0.1) is 12.8 Å². The predicted octanol–water partition coefficient (Wildman–Crippen LogP) is 3.70. The third-order valence-electron chi connectivity index (χ3n) is 5.08. The number of ether oxygens (including phenoxy) is 1. The van der Waals surface area contributed by atoms with Crippen LogP contribution in [0.1, 0.15) is 18.4 Å². The van der Waals surface area contributed by atoms with Gasteiger partial charge in [-0.05, 0) is 61.2 Å². The highest BCUT2D eigenvalue weighted by Gasteiger charge is 2.33. The fourth-order valence-electron chi connectivity index (χ4n) is 3.75. The topological polar surface area (TPSA) is 49.9 Å². The molecule has 2 aromatic rings. The molecule has 5 nitrogen and oxygen atoms in total. The zero-order chi connectivity index (χ0) is 18.3. The molecule has 138 valence electrons. The molecule has 0 N–H and O–H groups in total. The molecular formula is C19H21ClN2O3S. The van der Waals surface area contributed by atoms with E-state index in [1.807, 2.05) is 12.1 Å². The van der Waals surface area contributed by atoms with Crippen molar-refractivity contribution in [3.05, 3.63) is 47.0 Å². The molecule has 0 amide bonds. The summed E-state index contributed by atoms with van der Waals surface area (Å²) in [4.78, 5) is 2.46. The van der Waals surface area contributed by atoms with Crippen LogP contribution in [0.3, 0.4) is 0 Å². The van der Waals surface area contributed by atoms with Crippen molar-refractivity contribution < 1.29 is 13.2 Å². The lowest BCUT2D eigenvalue weighted by atomic mass is 10.1. The molecule has 0 unspecified atom stereocenters. The van der Waals surface area contributed by atoms with Crippen LogP contribution in [-0.4, -0.2) is 35.2 Å². The summed E-state index contributed by atoms with van der Waals surface area (Å²) in [6.07, 6.45) is 3.14. The largest absolute Gasteiger partial charge is 0.495 e. The molecule has 0 saturated carbocycles. The van der Waals surface area contributed by atoms with Crippen LogP contribution >= 0.6 is 11.6 Å². The van der Waals surface area contributed by atoms with Crippen molar-refractivity contribution in [1.29, 1.82) is 0 Å². The van der Waals surface area contributed by atoms with Crippen molar-refractivity contribution in [1.82, 2.24) is 0 Å². The van der Waals surface area contributed by atoms with E-state index in [4.69, 9.17) is 16.3 Å². The third-order valence-corrected chi connectivity index (χ3v) is 7.15. The number of halogens is 1. The van der Waals surface area contributed by atoms with E-state index in [0.717, 1.165) is 24.3 Å². The summed E-state index contributed by atoms with van der Waals surface area (Å²) in [6, 6.07) is 10.7. The number of hydrogen-bond donors (Lipinski definition) is 0. The first-order valence-electron chi connectivity index (χ1n) is 8.75. The highest BCUT2D eigenvalue weighted by molar-refractivity contribution is 7.93. The van der Waals surface area contributed by atoms with Gasteiger partial charge in [-0.2, -0.15) is 0 Å². The Labute approximate surface area is 159 Å². The molecule has 2 aliphatic rings. The van der Waals surface area contributed by atoms with Crippen molar-refractivity contribution >= 4 is 33.0 Å². The van der Waals surface area contributed by atoms with Gasteiger partial charge in [0.15, 0.2) is 0 Å². The maximum atomic E-state index is 13.2. The molecule has 1 fully saturated rings. The van der Waals surface area contributed by atoms with E-state index in [1.54, 1.807) is 12.1 Å². The first-order chi connectivity index (χ1) is 12.5. The monoisotopic (exact) mass is 392 g/mol. The number of sulfonamides is 1. The lowest BCUT2D eigenvalue weighted by Gasteiger charge is -2.22. The fraction of sp³-hybridized carbons (Fsp3) is 0.368. The number of rotatable bonds is 4. The molecule has 26 heavy (non-hydrogen) atoms. The van der Waals surface area contributed by atoms with Gasteiger partial charge < -0.3 is 9.64 Å². The van der Waals surface area contributed by atoms with Crippen LogP contribution in [0.4, 0.5) is 11.4 Å². The van der Waals surface area contributed by atoms with E-state index in [0.29, 0.717) is 23.7 Å². The number of anilines is 2. The zero-order valence-corrected chi connectivity index (χ0v) is 16.2. The molecule has 0 aliphatic carbocycles. The molecule has 0 bridgehead atoms. The fourth-order valence-corrected chi connectivity index (χ4v) is 5.67. The van der Waals surface area contributed by atoms with Crippen molar-refractivity contribution in [3.63, 3.8) is 0 Å². The van der Waals surface area contributed by atoms with E-state index in [9.17, 15) is 8.42 Å². The van der Waals surface area contributed by atoms with Crippen LogP contribution < -0.4 is 13.9 Å². The second-order valence-electron chi connectivity index (χ2n) is 6.63. The van der Waals surface area contributed by atoms with Crippen molar-refractivity contribution in [2.24, 2.45) is 0 Å². The van der Waals surface area contributed by atoms with Crippen molar-refractivity contribution in [2.75, 3.05) is 35.9 Å². The smallest absolute Gasteiger partial charge is 0.268 e. The molecule has 0 radical (unpaired) electrons. The van der Waals surface area contributed by atoms with Crippen LogP contribution in [-0.2, 0) is 16.4 Å². The van der Waals surface area contributed by atoms with Crippen LogP contribution in [0.2, 0.25) is 5.02 Å². The van der Waals surface area contributed by atoms with Crippen molar-refractivity contribution in [2.45, 2.75) is 24.2 Å². The minimum Gasteiger partial charge on any atom is -0.495 e. The maximum absolute atomic E-state index is 13.2. The van der Waals surface area contributed by atoms with E-state index < -0.39 is 10.0 Å². The van der Waals surface area contributed by atoms with E-state index in [-0.39, 0.29) is 4.90 Å². The normalized spacial score (nSPS) is 16.8. The van der Waals surface area contributed by atoms with E-state index in [2.05, 4.69) is 11.0 Å². The highest BCUT2D eigenvalue weighted by Crippen LogP contribution is 2.38. The summed E-state index contributed by atoms with van der Waals surface area (Å²) in [6.45, 7) is 2.57. The molecule has 0 spiro atoms. The first-order valence-corrected chi connectivity index (χ1v) is 10.6. The van der Waals surface area contributed by atoms with Crippen LogP contribution in [0.25, 0.3) is 0 Å². The second-order valence-corrected chi connectivity index (χ2v) is 8.90. The number of nitrogens with zero attached hydrogens (tertiary/aromatic N) is 2. The Bertz CT molecular complexity index is 940. The summed E-state index contributed by atoms with van der Waals surface area (Å²) >= 11 is 6.04. The van der Waals surface area contributed by atoms with Gasteiger partial charge >= 0.3 is 0 Å². The first kappa shape index (κ1) is 17.5. The van der Waals surface area contributed by atoms with Crippen molar-refractivity contribution in [3.8, 4) is 5.75 Å². The molecule has 0 aromatic heterocycles. The van der Waals surface area contributed by atoms with Gasteiger partial charge in [-0.1, -0.05) is 11.6 Å². The standard InChI is InChI=1S/C19H21ClN2O3S/c1-25-18-7-4-15(20)13-19(18)26(23,24)22-11-8-14-12-16(5-6-17(14)22)21-9-2-3-10-21/h4-7,12-13H,2-3,8-11H2,1H3. The maximum Gasteiger partial charge on any atom is 0.268 e. The molecule has 2 heterocycles. The second kappa shape index (κ2) is 6.67. The Morgan fingerprint density at radius 3 is 2.54 bits per heavy atom. The number of benzene rings is 2. The molecule has 0 atom stereocenters. The van der Waals surface area contributed by atoms with E-state index in [1.165, 1.54) is 36.0 Å². The average Bonchev–Trinajstić information content (AvgIpc) is 3.31. The number of methoxy groups -OCH3 is 1. The summed E-state index contributed by atoms with van der Waals surface area (Å²) in [5, 5.41) is 0.369. The summed E-state index contributed by atoms with van der Waals surface area (Å²) in [7, 11) is -2.28. The Hall–Kier alpha value is -1.92. The third kappa shape index (κ3) is 2.91. The van der Waals surface area contributed by atoms with E-state index >= 15 is 0 Å². The number of hydrogen-bond acceptors (Lipinski definition) is 4. The molecule has 1 saturated heterocycles.